The lowest BCUT2D eigenvalue weighted by Crippen LogP contribution is -2.53. The highest BCUT2D eigenvalue weighted by Gasteiger charge is 2.35. The van der Waals surface area contributed by atoms with Crippen molar-refractivity contribution in [1.82, 2.24) is 10.3 Å². The Kier molecular flexibility index (Phi) is 4.59. The molecular weight excluding hydrogens is 350 g/mol. The van der Waals surface area contributed by atoms with Crippen molar-refractivity contribution in [2.75, 3.05) is 13.1 Å². The number of fused-ring (bicyclic) bond motifs is 1. The molecule has 2 aliphatic heterocycles. The van der Waals surface area contributed by atoms with E-state index in [0.29, 0.717) is 35.3 Å². The van der Waals surface area contributed by atoms with E-state index in [-0.39, 0.29) is 17.1 Å². The predicted molar refractivity (Wildman–Crippen MR) is 88.7 cm³/mol. The number of hydrogen-bond acceptors (Lipinski definition) is 4. The molecule has 0 amide bonds. The molecule has 1 aromatic carbocycles. The molecule has 2 unspecified atom stereocenters. The van der Waals surface area contributed by atoms with E-state index in [2.05, 4.69) is 20.4 Å². The van der Waals surface area contributed by atoms with Gasteiger partial charge in [-0.05, 0) is 19.1 Å². The SMILES string of the molecule is CC(c1c(Cl)ccc(F)c1Cl)N1CCN=C2NN=C(Cl)CC21. The molecule has 22 heavy (non-hydrogen) atoms. The van der Waals surface area contributed by atoms with Crippen molar-refractivity contribution in [1.29, 1.82) is 0 Å². The summed E-state index contributed by atoms with van der Waals surface area (Å²) in [7, 11) is 0. The van der Waals surface area contributed by atoms with Gasteiger partial charge in [0.05, 0.1) is 17.6 Å². The minimum Gasteiger partial charge on any atom is -0.284 e. The molecule has 0 aromatic heterocycles. The lowest BCUT2D eigenvalue weighted by molar-refractivity contribution is 0.177. The van der Waals surface area contributed by atoms with Gasteiger partial charge in [-0.25, -0.2) is 4.39 Å². The Balaban J connectivity index is 1.96. The summed E-state index contributed by atoms with van der Waals surface area (Å²) in [6.07, 6.45) is 0.558. The van der Waals surface area contributed by atoms with Gasteiger partial charge in [0.15, 0.2) is 0 Å². The molecule has 1 aromatic rings. The van der Waals surface area contributed by atoms with Gasteiger partial charge < -0.3 is 0 Å². The van der Waals surface area contributed by atoms with Crippen LogP contribution in [0.2, 0.25) is 10.0 Å². The summed E-state index contributed by atoms with van der Waals surface area (Å²) in [6.45, 7) is 3.29. The fourth-order valence-corrected chi connectivity index (χ4v) is 3.78. The van der Waals surface area contributed by atoms with Gasteiger partial charge in [-0.2, -0.15) is 5.10 Å². The topological polar surface area (TPSA) is 40.0 Å². The third-order valence-electron chi connectivity index (χ3n) is 4.00. The third-order valence-corrected chi connectivity index (χ3v) is 4.96. The normalized spacial score (nSPS) is 23.2. The maximum atomic E-state index is 13.8. The number of hydrogen-bond donors (Lipinski definition) is 1. The lowest BCUT2D eigenvalue weighted by atomic mass is 10.0. The monoisotopic (exact) mass is 362 g/mol. The van der Waals surface area contributed by atoms with Gasteiger partial charge in [-0.1, -0.05) is 34.8 Å². The number of halogens is 4. The van der Waals surface area contributed by atoms with Gasteiger partial charge in [0.1, 0.15) is 16.8 Å². The van der Waals surface area contributed by atoms with Gasteiger partial charge in [0.25, 0.3) is 0 Å². The number of nitrogens with one attached hydrogen (secondary N) is 1. The first-order valence-corrected chi connectivity index (χ1v) is 8.04. The van der Waals surface area contributed by atoms with E-state index < -0.39 is 5.82 Å². The zero-order valence-corrected chi connectivity index (χ0v) is 14.1. The molecule has 4 nitrogen and oxygen atoms in total. The van der Waals surface area contributed by atoms with Crippen LogP contribution in [0.15, 0.2) is 22.2 Å². The number of aliphatic imine (C=N–C) groups is 1. The Morgan fingerprint density at radius 3 is 2.91 bits per heavy atom. The van der Waals surface area contributed by atoms with Crippen molar-refractivity contribution in [3.8, 4) is 0 Å². The molecule has 0 aliphatic carbocycles. The fourth-order valence-electron chi connectivity index (χ4n) is 2.91. The first kappa shape index (κ1) is 16.0. The highest BCUT2D eigenvalue weighted by molar-refractivity contribution is 6.65. The van der Waals surface area contributed by atoms with Crippen LogP contribution >= 0.6 is 34.8 Å². The molecule has 118 valence electrons. The second-order valence-electron chi connectivity index (χ2n) is 5.26. The molecule has 0 spiro atoms. The summed E-state index contributed by atoms with van der Waals surface area (Å²) >= 11 is 18.4. The maximum absolute atomic E-state index is 13.8. The van der Waals surface area contributed by atoms with Crippen LogP contribution in [-0.2, 0) is 0 Å². The van der Waals surface area contributed by atoms with Crippen molar-refractivity contribution in [3.63, 3.8) is 0 Å². The van der Waals surface area contributed by atoms with Crippen LogP contribution in [0.25, 0.3) is 0 Å². The number of amidine groups is 1. The highest BCUT2D eigenvalue weighted by atomic mass is 35.5. The third kappa shape index (κ3) is 2.83. The van der Waals surface area contributed by atoms with E-state index in [4.69, 9.17) is 34.8 Å². The van der Waals surface area contributed by atoms with E-state index in [1.165, 1.54) is 12.1 Å². The minimum atomic E-state index is -0.472. The van der Waals surface area contributed by atoms with Gasteiger partial charge in [0.2, 0.25) is 0 Å². The van der Waals surface area contributed by atoms with Crippen LogP contribution in [-0.4, -0.2) is 35.0 Å². The molecule has 0 fully saturated rings. The molecule has 0 saturated heterocycles. The molecule has 0 radical (unpaired) electrons. The molecule has 2 aliphatic rings. The van der Waals surface area contributed by atoms with Gasteiger partial charge in [0, 0.05) is 29.6 Å². The predicted octanol–water partition coefficient (Wildman–Crippen LogP) is 3.82. The van der Waals surface area contributed by atoms with Crippen LogP contribution in [0.1, 0.15) is 24.9 Å². The number of nitrogens with zero attached hydrogens (tertiary/aromatic N) is 3. The Bertz CT molecular complexity index is 662. The number of rotatable bonds is 2. The lowest BCUT2D eigenvalue weighted by Gasteiger charge is -2.40. The number of benzene rings is 1. The van der Waals surface area contributed by atoms with Crippen LogP contribution < -0.4 is 5.43 Å². The van der Waals surface area contributed by atoms with E-state index in [0.717, 1.165) is 5.84 Å². The summed E-state index contributed by atoms with van der Waals surface area (Å²) in [6, 6.07) is 2.59. The molecule has 0 saturated carbocycles. The average molecular weight is 364 g/mol. The van der Waals surface area contributed by atoms with E-state index in [1.54, 1.807) is 0 Å². The fraction of sp³-hybridized carbons (Fsp3) is 0.429. The zero-order chi connectivity index (χ0) is 15.9. The summed E-state index contributed by atoms with van der Waals surface area (Å²) in [5.74, 6) is 0.298. The Morgan fingerprint density at radius 1 is 1.36 bits per heavy atom. The first-order valence-electron chi connectivity index (χ1n) is 6.90. The minimum absolute atomic E-state index is 0.0378. The largest absolute Gasteiger partial charge is 0.284 e. The molecule has 3 rings (SSSR count). The molecule has 0 bridgehead atoms. The second kappa shape index (κ2) is 6.32. The Morgan fingerprint density at radius 2 is 2.14 bits per heavy atom. The van der Waals surface area contributed by atoms with Crippen LogP contribution in [0, 0.1) is 5.82 Å². The summed E-state index contributed by atoms with van der Waals surface area (Å²) in [5, 5.41) is 4.99. The van der Waals surface area contributed by atoms with E-state index >= 15 is 0 Å². The van der Waals surface area contributed by atoms with Crippen molar-refractivity contribution in [3.05, 3.63) is 33.6 Å². The van der Waals surface area contributed by atoms with Crippen LogP contribution in [0.4, 0.5) is 4.39 Å². The zero-order valence-electron chi connectivity index (χ0n) is 11.8. The highest BCUT2D eigenvalue weighted by Crippen LogP contribution is 2.37. The summed E-state index contributed by atoms with van der Waals surface area (Å²) < 4.78 is 13.8. The van der Waals surface area contributed by atoms with E-state index in [9.17, 15) is 4.39 Å². The second-order valence-corrected chi connectivity index (χ2v) is 6.48. The van der Waals surface area contributed by atoms with Crippen molar-refractivity contribution in [2.45, 2.75) is 25.4 Å². The molecule has 2 atom stereocenters. The van der Waals surface area contributed by atoms with Crippen LogP contribution in [0.3, 0.4) is 0 Å². The number of hydrazone groups is 1. The van der Waals surface area contributed by atoms with Gasteiger partial charge >= 0.3 is 0 Å². The standard InChI is InChI=1S/C14H14Cl3FN4/c1-7(12-8(15)2-3-9(18)13(12)17)22-5-4-19-14-10(22)6-11(16)20-21-14/h2-3,7,10H,4-6H2,1H3,(H,19,21). The van der Waals surface area contributed by atoms with Gasteiger partial charge in [-0.15, -0.1) is 0 Å². The first-order chi connectivity index (χ1) is 10.5. The quantitative estimate of drug-likeness (QED) is 0.811. The Labute approximate surface area is 142 Å². The van der Waals surface area contributed by atoms with Crippen molar-refractivity contribution < 1.29 is 4.39 Å². The molecular formula is C14H14Cl3FN4. The molecule has 1 N–H and O–H groups in total. The molecule has 2 heterocycles. The van der Waals surface area contributed by atoms with Gasteiger partial charge in [-0.3, -0.25) is 15.3 Å². The molecule has 8 heteroatoms. The average Bonchev–Trinajstić information content (AvgIpc) is 2.50. The maximum Gasteiger partial charge on any atom is 0.142 e. The Hall–Kier alpha value is -0.880. The smallest absolute Gasteiger partial charge is 0.142 e. The van der Waals surface area contributed by atoms with Crippen LogP contribution in [0.5, 0.6) is 0 Å². The van der Waals surface area contributed by atoms with E-state index in [1.807, 2.05) is 6.92 Å². The van der Waals surface area contributed by atoms with Crippen molar-refractivity contribution >= 4 is 45.8 Å². The van der Waals surface area contributed by atoms with Crippen molar-refractivity contribution in [2.24, 2.45) is 10.1 Å². The summed E-state index contributed by atoms with van der Waals surface area (Å²) in [5.41, 5.74) is 3.46. The summed E-state index contributed by atoms with van der Waals surface area (Å²) in [4.78, 5) is 6.60.